The van der Waals surface area contributed by atoms with Gasteiger partial charge in [0.15, 0.2) is 5.43 Å². The van der Waals surface area contributed by atoms with Crippen LogP contribution >= 0.6 is 11.6 Å². The van der Waals surface area contributed by atoms with Crippen LogP contribution in [0.4, 0.5) is 0 Å². The molecule has 1 aliphatic rings. The van der Waals surface area contributed by atoms with Crippen molar-refractivity contribution >= 4 is 17.5 Å². The summed E-state index contributed by atoms with van der Waals surface area (Å²) in [6, 6.07) is 5.56. The molecule has 2 N–H and O–H groups in total. The van der Waals surface area contributed by atoms with E-state index in [4.69, 9.17) is 16.3 Å². The Hall–Kier alpha value is -2.31. The Kier molecular flexibility index (Phi) is 7.44. The molecule has 0 saturated heterocycles. The number of nitrogens with one attached hydrogen (secondary N) is 2. The fraction of sp³-hybridized carbons (Fsp3) is 0.500. The van der Waals surface area contributed by atoms with Crippen LogP contribution in [0.1, 0.15) is 58.6 Å². The van der Waals surface area contributed by atoms with E-state index in [2.05, 4.69) is 29.3 Å². The van der Waals surface area contributed by atoms with E-state index < -0.39 is 0 Å². The number of nitrogens with zero attached hydrogens (tertiary/aromatic N) is 1. The number of aryl methyl sites for hydroxylation is 2. The molecular weight excluding hydrogens is 414 g/mol. The average molecular weight is 446 g/mol. The number of aromatic nitrogens is 1. The van der Waals surface area contributed by atoms with Crippen LogP contribution in [0.25, 0.3) is 0 Å². The summed E-state index contributed by atoms with van der Waals surface area (Å²) in [5.41, 5.74) is 3.23. The Morgan fingerprint density at radius 1 is 1.16 bits per heavy atom. The largest absolute Gasteiger partial charge is 0.490 e. The third-order valence-corrected chi connectivity index (χ3v) is 6.36. The van der Waals surface area contributed by atoms with Crippen LogP contribution in [0, 0.1) is 20.8 Å². The van der Waals surface area contributed by atoms with E-state index in [1.54, 1.807) is 12.1 Å². The number of hydrogen-bond acceptors (Lipinski definition) is 4. The lowest BCUT2D eigenvalue weighted by Gasteiger charge is -2.33. The number of carbonyl (C=O) groups excluding carboxylic acids is 1. The third-order valence-electron chi connectivity index (χ3n) is 6.15. The number of pyridine rings is 1. The van der Waals surface area contributed by atoms with Gasteiger partial charge in [0.05, 0.1) is 6.10 Å². The predicted octanol–water partition coefficient (Wildman–Crippen LogP) is 4.14. The normalized spacial score (nSPS) is 18.8. The van der Waals surface area contributed by atoms with Gasteiger partial charge in [0.25, 0.3) is 5.91 Å². The van der Waals surface area contributed by atoms with Gasteiger partial charge in [-0.05, 0) is 72.7 Å². The van der Waals surface area contributed by atoms with Gasteiger partial charge >= 0.3 is 0 Å². The maximum atomic E-state index is 12.9. The summed E-state index contributed by atoms with van der Waals surface area (Å²) in [6.45, 7) is 5.69. The van der Waals surface area contributed by atoms with Crippen LogP contribution in [0.3, 0.4) is 0 Å². The number of rotatable bonds is 6. The Morgan fingerprint density at radius 2 is 1.84 bits per heavy atom. The fourth-order valence-corrected chi connectivity index (χ4v) is 4.44. The molecule has 0 atom stereocenters. The average Bonchev–Trinajstić information content (AvgIpc) is 2.69. The highest BCUT2D eigenvalue weighted by atomic mass is 35.5. The first kappa shape index (κ1) is 23.4. The van der Waals surface area contributed by atoms with Crippen molar-refractivity contribution in [1.29, 1.82) is 0 Å². The molecule has 1 aromatic carbocycles. The summed E-state index contributed by atoms with van der Waals surface area (Å²) >= 11 is 6.31. The zero-order valence-corrected chi connectivity index (χ0v) is 19.7. The lowest BCUT2D eigenvalue weighted by Crippen LogP contribution is -2.35. The fourth-order valence-electron chi connectivity index (χ4n) is 4.23. The first-order valence-corrected chi connectivity index (χ1v) is 11.1. The number of H-pyrrole nitrogens is 1. The number of carbonyl (C=O) groups is 1. The zero-order valence-electron chi connectivity index (χ0n) is 19.0. The second-order valence-electron chi connectivity index (χ2n) is 8.69. The summed E-state index contributed by atoms with van der Waals surface area (Å²) in [5.74, 6) is 0.371. The molecule has 3 rings (SSSR count). The smallest absolute Gasteiger partial charge is 0.252 e. The zero-order chi connectivity index (χ0) is 22.7. The number of benzene rings is 1. The van der Waals surface area contributed by atoms with Crippen molar-refractivity contribution in [2.24, 2.45) is 0 Å². The first-order chi connectivity index (χ1) is 14.7. The van der Waals surface area contributed by atoms with Crippen molar-refractivity contribution < 1.29 is 9.53 Å². The molecular formula is C24H32ClN3O3. The molecule has 0 radical (unpaired) electrons. The topological polar surface area (TPSA) is 74.4 Å². The molecule has 1 heterocycles. The van der Waals surface area contributed by atoms with E-state index in [1.807, 2.05) is 20.8 Å². The number of ether oxygens (including phenoxy) is 1. The van der Waals surface area contributed by atoms with Crippen molar-refractivity contribution in [2.45, 2.75) is 65.1 Å². The Morgan fingerprint density at radius 3 is 2.45 bits per heavy atom. The van der Waals surface area contributed by atoms with Gasteiger partial charge in [0.2, 0.25) is 0 Å². The Bertz CT molecular complexity index is 1010. The number of halogens is 1. The molecule has 1 aromatic heterocycles. The van der Waals surface area contributed by atoms with Gasteiger partial charge in [-0.1, -0.05) is 11.6 Å². The van der Waals surface area contributed by atoms with Crippen molar-refractivity contribution in [3.05, 3.63) is 61.5 Å². The summed E-state index contributed by atoms with van der Waals surface area (Å²) in [7, 11) is 4.23. The van der Waals surface area contributed by atoms with E-state index >= 15 is 0 Å². The Balaban J connectivity index is 1.71. The summed E-state index contributed by atoms with van der Waals surface area (Å²) in [5, 5.41) is 3.31. The highest BCUT2D eigenvalue weighted by molar-refractivity contribution is 6.31. The van der Waals surface area contributed by atoms with Gasteiger partial charge < -0.3 is 19.9 Å². The highest BCUT2D eigenvalue weighted by Crippen LogP contribution is 2.31. The second-order valence-corrected chi connectivity index (χ2v) is 9.13. The van der Waals surface area contributed by atoms with E-state index in [0.29, 0.717) is 27.9 Å². The monoisotopic (exact) mass is 445 g/mol. The van der Waals surface area contributed by atoms with Gasteiger partial charge in [-0.2, -0.15) is 0 Å². The molecule has 6 nitrogen and oxygen atoms in total. The third kappa shape index (κ3) is 5.69. The molecule has 168 valence electrons. The first-order valence-electron chi connectivity index (χ1n) is 10.8. The lowest BCUT2D eigenvalue weighted by atomic mass is 9.92. The number of hydrogen-bond donors (Lipinski definition) is 2. The molecule has 31 heavy (non-hydrogen) atoms. The van der Waals surface area contributed by atoms with Crippen molar-refractivity contribution in [3.8, 4) is 5.75 Å². The van der Waals surface area contributed by atoms with E-state index in [9.17, 15) is 9.59 Å². The molecule has 1 aliphatic carbocycles. The summed E-state index contributed by atoms with van der Waals surface area (Å²) < 4.78 is 6.26. The van der Waals surface area contributed by atoms with Gasteiger partial charge in [0.1, 0.15) is 5.75 Å². The van der Waals surface area contributed by atoms with Crippen molar-refractivity contribution in [2.75, 3.05) is 14.1 Å². The Labute approximate surface area is 188 Å². The SMILES string of the molecule is Cc1cc(=O)c(CNC(=O)c2cc(Cl)cc(O[C@H]3CC[C@H](N(C)C)CC3)c2C)c(C)[nH]1. The van der Waals surface area contributed by atoms with E-state index in [0.717, 1.165) is 42.6 Å². The van der Waals surface area contributed by atoms with Crippen molar-refractivity contribution in [3.63, 3.8) is 0 Å². The van der Waals surface area contributed by atoms with Gasteiger partial charge in [-0.25, -0.2) is 0 Å². The molecule has 1 amide bonds. The van der Waals surface area contributed by atoms with Crippen LogP contribution in [-0.4, -0.2) is 42.0 Å². The molecule has 0 bridgehead atoms. The number of amides is 1. The quantitative estimate of drug-likeness (QED) is 0.700. The molecule has 0 spiro atoms. The van der Waals surface area contributed by atoms with Crippen LogP contribution < -0.4 is 15.5 Å². The van der Waals surface area contributed by atoms with Crippen LogP contribution in [-0.2, 0) is 6.54 Å². The number of aromatic amines is 1. The maximum Gasteiger partial charge on any atom is 0.252 e. The van der Waals surface area contributed by atoms with Crippen LogP contribution in [0.2, 0.25) is 5.02 Å². The highest BCUT2D eigenvalue weighted by Gasteiger charge is 2.25. The minimum atomic E-state index is -0.277. The van der Waals surface area contributed by atoms with Gasteiger partial charge in [-0.15, -0.1) is 0 Å². The van der Waals surface area contributed by atoms with E-state index in [-0.39, 0.29) is 24.0 Å². The van der Waals surface area contributed by atoms with Crippen molar-refractivity contribution in [1.82, 2.24) is 15.2 Å². The predicted molar refractivity (Wildman–Crippen MR) is 124 cm³/mol. The molecule has 1 fully saturated rings. The molecule has 0 unspecified atom stereocenters. The maximum absolute atomic E-state index is 12.9. The van der Waals surface area contributed by atoms with Gasteiger partial charge in [-0.3, -0.25) is 9.59 Å². The second kappa shape index (κ2) is 9.88. The van der Waals surface area contributed by atoms with E-state index in [1.165, 1.54) is 6.07 Å². The lowest BCUT2D eigenvalue weighted by molar-refractivity contribution is 0.0945. The molecule has 7 heteroatoms. The standard InChI is InChI=1S/C24H32ClN3O3/c1-14-10-22(29)21(16(3)27-14)13-26-24(30)20-11-17(25)12-23(15(20)2)31-19-8-6-18(7-9-19)28(4)5/h10-12,18-19H,6-9,13H2,1-5H3,(H,26,30)(H,27,29)/t18-,19-. The van der Waals surface area contributed by atoms with Gasteiger partial charge in [0, 0.05) is 51.8 Å². The summed E-state index contributed by atoms with van der Waals surface area (Å²) in [4.78, 5) is 30.6. The molecule has 1 saturated carbocycles. The van der Waals surface area contributed by atoms with Crippen LogP contribution in [0.15, 0.2) is 23.0 Å². The molecule has 2 aromatic rings. The van der Waals surface area contributed by atoms with Crippen LogP contribution in [0.5, 0.6) is 5.75 Å². The summed E-state index contributed by atoms with van der Waals surface area (Å²) in [6.07, 6.45) is 4.26. The molecule has 0 aliphatic heterocycles. The minimum absolute atomic E-state index is 0.0887. The minimum Gasteiger partial charge on any atom is -0.490 e.